The number of carbonyl (C=O) groups is 2. The number of rotatable bonds is 2. The van der Waals surface area contributed by atoms with Crippen molar-refractivity contribution in [3.63, 3.8) is 0 Å². The molecule has 2 amide bonds. The van der Waals surface area contributed by atoms with Crippen LogP contribution in [0.3, 0.4) is 0 Å². The summed E-state index contributed by atoms with van der Waals surface area (Å²) in [6, 6.07) is -0.298. The smallest absolute Gasteiger partial charge is 0.352 e. The van der Waals surface area contributed by atoms with Crippen LogP contribution in [0.5, 0.6) is 0 Å². The summed E-state index contributed by atoms with van der Waals surface area (Å²) in [5.41, 5.74) is -2.31. The van der Waals surface area contributed by atoms with E-state index >= 15 is 0 Å². The van der Waals surface area contributed by atoms with Gasteiger partial charge in [0.05, 0.1) is 0 Å². The van der Waals surface area contributed by atoms with Gasteiger partial charge in [0.25, 0.3) is 0 Å². The number of alkyl halides is 3. The first-order valence-corrected chi connectivity index (χ1v) is 7.10. The van der Waals surface area contributed by atoms with Gasteiger partial charge in [0.2, 0.25) is 11.8 Å². The van der Waals surface area contributed by atoms with E-state index in [1.807, 2.05) is 0 Å². The van der Waals surface area contributed by atoms with Crippen LogP contribution >= 0.6 is 0 Å². The van der Waals surface area contributed by atoms with Crippen molar-refractivity contribution in [1.82, 2.24) is 15.5 Å². The molecule has 1 atom stereocenters. The number of amides is 2. The highest BCUT2D eigenvalue weighted by atomic mass is 19.4. The van der Waals surface area contributed by atoms with Crippen molar-refractivity contribution in [3.8, 4) is 0 Å². The summed E-state index contributed by atoms with van der Waals surface area (Å²) in [7, 11) is 0. The van der Waals surface area contributed by atoms with Gasteiger partial charge in [0.1, 0.15) is 0 Å². The summed E-state index contributed by atoms with van der Waals surface area (Å²) in [4.78, 5) is 25.0. The molecule has 2 N–H and O–H groups in total. The van der Waals surface area contributed by atoms with Gasteiger partial charge in [-0.05, 0) is 25.8 Å². The maximum Gasteiger partial charge on any atom is 0.404 e. The number of piperidine rings is 1. The lowest BCUT2D eigenvalue weighted by Gasteiger charge is -2.35. The minimum Gasteiger partial charge on any atom is -0.352 e. The number of nitrogens with one attached hydrogen (secondary N) is 2. The van der Waals surface area contributed by atoms with Crippen LogP contribution in [-0.4, -0.2) is 55.1 Å². The third-order valence-corrected chi connectivity index (χ3v) is 4.41. The van der Waals surface area contributed by atoms with E-state index in [4.69, 9.17) is 0 Å². The molecule has 2 aliphatic heterocycles. The Labute approximate surface area is 121 Å². The van der Waals surface area contributed by atoms with Crippen molar-refractivity contribution >= 4 is 11.8 Å². The topological polar surface area (TPSA) is 61.4 Å². The Kier molecular flexibility index (Phi) is 4.46. The minimum atomic E-state index is -4.55. The molecular formula is C13H20F3N3O2. The summed E-state index contributed by atoms with van der Waals surface area (Å²) >= 11 is 0. The Bertz CT molecular complexity index is 411. The molecule has 0 aromatic carbocycles. The summed E-state index contributed by atoms with van der Waals surface area (Å²) < 4.78 is 39.7. The molecule has 2 saturated heterocycles. The monoisotopic (exact) mass is 307 g/mol. The standard InChI is InChI=1S/C13H20F3N3O2/c1-9(20)19-6-2-10(3-7-19)18-11(21)12(13(14,15)16)4-5-17-8-12/h10,17H,2-8H2,1H3,(H,18,21). The van der Waals surface area contributed by atoms with Gasteiger partial charge in [0, 0.05) is 32.6 Å². The molecule has 0 bridgehead atoms. The second kappa shape index (κ2) is 5.82. The highest BCUT2D eigenvalue weighted by Gasteiger charge is 2.61. The number of nitrogens with zero attached hydrogens (tertiary/aromatic N) is 1. The fraction of sp³-hybridized carbons (Fsp3) is 0.846. The average molecular weight is 307 g/mol. The summed E-state index contributed by atoms with van der Waals surface area (Å²) in [5, 5.41) is 5.16. The normalized spacial score (nSPS) is 27.7. The molecule has 21 heavy (non-hydrogen) atoms. The van der Waals surface area contributed by atoms with Gasteiger partial charge >= 0.3 is 6.18 Å². The second-order valence-corrected chi connectivity index (χ2v) is 5.76. The molecule has 2 rings (SSSR count). The van der Waals surface area contributed by atoms with E-state index in [1.54, 1.807) is 4.90 Å². The number of halogens is 3. The van der Waals surface area contributed by atoms with Crippen molar-refractivity contribution in [2.24, 2.45) is 5.41 Å². The van der Waals surface area contributed by atoms with Crippen LogP contribution in [-0.2, 0) is 9.59 Å². The van der Waals surface area contributed by atoms with Crippen LogP contribution in [0.15, 0.2) is 0 Å². The van der Waals surface area contributed by atoms with Crippen LogP contribution < -0.4 is 10.6 Å². The van der Waals surface area contributed by atoms with Crippen molar-refractivity contribution in [2.75, 3.05) is 26.2 Å². The van der Waals surface area contributed by atoms with Crippen molar-refractivity contribution in [2.45, 2.75) is 38.4 Å². The predicted molar refractivity (Wildman–Crippen MR) is 69.4 cm³/mol. The highest BCUT2D eigenvalue weighted by Crippen LogP contribution is 2.43. The molecule has 0 spiro atoms. The quantitative estimate of drug-likeness (QED) is 0.788. The summed E-state index contributed by atoms with van der Waals surface area (Å²) in [5.74, 6) is -0.993. The van der Waals surface area contributed by atoms with E-state index in [9.17, 15) is 22.8 Å². The molecule has 5 nitrogen and oxygen atoms in total. The van der Waals surface area contributed by atoms with Crippen molar-refractivity contribution in [3.05, 3.63) is 0 Å². The third kappa shape index (κ3) is 3.14. The van der Waals surface area contributed by atoms with Crippen molar-refractivity contribution < 1.29 is 22.8 Å². The van der Waals surface area contributed by atoms with E-state index in [0.29, 0.717) is 25.9 Å². The Hall–Kier alpha value is -1.31. The Morgan fingerprint density at radius 3 is 2.33 bits per heavy atom. The largest absolute Gasteiger partial charge is 0.404 e. The van der Waals surface area contributed by atoms with Crippen molar-refractivity contribution in [1.29, 1.82) is 0 Å². The maximum atomic E-state index is 13.2. The van der Waals surface area contributed by atoms with Gasteiger partial charge in [-0.25, -0.2) is 0 Å². The molecular weight excluding hydrogens is 287 g/mol. The molecule has 2 heterocycles. The van der Waals surface area contributed by atoms with Gasteiger partial charge in [-0.3, -0.25) is 9.59 Å². The molecule has 0 aromatic rings. The molecule has 0 saturated carbocycles. The molecule has 2 aliphatic rings. The summed E-state index contributed by atoms with van der Waals surface area (Å²) in [6.07, 6.45) is -3.80. The van der Waals surface area contributed by atoms with Crippen LogP contribution in [0.25, 0.3) is 0 Å². The molecule has 0 radical (unpaired) electrons. The first kappa shape index (κ1) is 16.1. The Morgan fingerprint density at radius 1 is 1.29 bits per heavy atom. The van der Waals surface area contributed by atoms with E-state index in [-0.39, 0.29) is 31.5 Å². The first-order valence-electron chi connectivity index (χ1n) is 7.10. The van der Waals surface area contributed by atoms with E-state index < -0.39 is 17.5 Å². The van der Waals surface area contributed by atoms with Gasteiger partial charge in [-0.2, -0.15) is 13.2 Å². The van der Waals surface area contributed by atoms with Crippen LogP contribution in [0.2, 0.25) is 0 Å². The van der Waals surface area contributed by atoms with Crippen LogP contribution in [0.1, 0.15) is 26.2 Å². The van der Waals surface area contributed by atoms with Crippen LogP contribution in [0, 0.1) is 5.41 Å². The summed E-state index contributed by atoms with van der Waals surface area (Å²) in [6.45, 7) is 2.22. The molecule has 1 unspecified atom stereocenters. The molecule has 2 fully saturated rings. The van der Waals surface area contributed by atoms with Gasteiger partial charge in [-0.15, -0.1) is 0 Å². The number of likely N-dealkylation sites (tertiary alicyclic amines) is 1. The van der Waals surface area contributed by atoms with Gasteiger partial charge in [-0.1, -0.05) is 0 Å². The Morgan fingerprint density at radius 2 is 1.90 bits per heavy atom. The van der Waals surface area contributed by atoms with Gasteiger partial charge in [0.15, 0.2) is 5.41 Å². The molecule has 0 aromatic heterocycles. The lowest BCUT2D eigenvalue weighted by Crippen LogP contribution is -2.56. The minimum absolute atomic E-state index is 0.0495. The zero-order valence-corrected chi connectivity index (χ0v) is 11.9. The van der Waals surface area contributed by atoms with Crippen LogP contribution in [0.4, 0.5) is 13.2 Å². The van der Waals surface area contributed by atoms with E-state index in [0.717, 1.165) is 0 Å². The first-order chi connectivity index (χ1) is 9.76. The molecule has 120 valence electrons. The number of hydrogen-bond acceptors (Lipinski definition) is 3. The fourth-order valence-corrected chi connectivity index (χ4v) is 2.92. The van der Waals surface area contributed by atoms with Gasteiger partial charge < -0.3 is 15.5 Å². The second-order valence-electron chi connectivity index (χ2n) is 5.76. The lowest BCUT2D eigenvalue weighted by molar-refractivity contribution is -0.216. The molecule has 0 aliphatic carbocycles. The SMILES string of the molecule is CC(=O)N1CCC(NC(=O)C2(C(F)(F)F)CCNC2)CC1. The predicted octanol–water partition coefficient (Wildman–Crippen LogP) is 0.655. The third-order valence-electron chi connectivity index (χ3n) is 4.41. The average Bonchev–Trinajstić information content (AvgIpc) is 2.89. The Balaban J connectivity index is 1.97. The maximum absolute atomic E-state index is 13.2. The zero-order chi connectivity index (χ0) is 15.7. The number of carbonyl (C=O) groups excluding carboxylic acids is 2. The molecule has 8 heteroatoms. The number of hydrogen-bond donors (Lipinski definition) is 2. The fourth-order valence-electron chi connectivity index (χ4n) is 2.92. The van der Waals surface area contributed by atoms with E-state index in [2.05, 4.69) is 10.6 Å². The zero-order valence-electron chi connectivity index (χ0n) is 11.9. The lowest BCUT2D eigenvalue weighted by atomic mass is 9.84. The highest BCUT2D eigenvalue weighted by molar-refractivity contribution is 5.84. The van der Waals surface area contributed by atoms with E-state index in [1.165, 1.54) is 6.92 Å².